The van der Waals surface area contributed by atoms with E-state index in [0.29, 0.717) is 0 Å². The van der Waals surface area contributed by atoms with Crippen LogP contribution in [0.2, 0.25) is 5.02 Å². The molecule has 0 aliphatic rings. The quantitative estimate of drug-likeness (QED) is 0.711. The fourth-order valence-electron chi connectivity index (χ4n) is 1.76. The molecule has 0 saturated heterocycles. The van der Waals surface area contributed by atoms with E-state index in [-0.39, 0.29) is 22.3 Å². The maximum atomic E-state index is 12.3. The van der Waals surface area contributed by atoms with Crippen LogP contribution in [0, 0.1) is 0 Å². The lowest BCUT2D eigenvalue weighted by molar-refractivity contribution is -0.274. The fourth-order valence-corrected chi connectivity index (χ4v) is 1.98. The maximum Gasteiger partial charge on any atom is 0.573 e. The molecule has 0 bridgehead atoms. The molecule has 7 nitrogen and oxygen atoms in total. The Morgan fingerprint density at radius 3 is 2.79 bits per heavy atom. The van der Waals surface area contributed by atoms with Gasteiger partial charge in [-0.25, -0.2) is 9.67 Å². The van der Waals surface area contributed by atoms with Crippen LogP contribution in [0.15, 0.2) is 35.3 Å². The Bertz CT molecular complexity index is 861. The van der Waals surface area contributed by atoms with Crippen molar-refractivity contribution in [2.75, 3.05) is 0 Å². The standard InChI is InChI=1S/C13H7ClF3N5O2/c14-9-3-8(4-10(5-9)24-13(15,16)17)12-18-6-22(21-12)2-1-11-20-19-7-23-11/h1-7H/b2-1-. The van der Waals surface area contributed by atoms with Gasteiger partial charge in [0.25, 0.3) is 0 Å². The van der Waals surface area contributed by atoms with Crippen LogP contribution in [-0.2, 0) is 0 Å². The van der Waals surface area contributed by atoms with Gasteiger partial charge in [0.15, 0.2) is 5.82 Å². The summed E-state index contributed by atoms with van der Waals surface area (Å²) >= 11 is 5.81. The van der Waals surface area contributed by atoms with Crippen molar-refractivity contribution in [3.63, 3.8) is 0 Å². The molecule has 24 heavy (non-hydrogen) atoms. The number of nitrogens with zero attached hydrogens (tertiary/aromatic N) is 5. The smallest absolute Gasteiger partial charge is 0.424 e. The Hall–Kier alpha value is -2.88. The highest BCUT2D eigenvalue weighted by molar-refractivity contribution is 6.31. The minimum Gasteiger partial charge on any atom is -0.424 e. The van der Waals surface area contributed by atoms with E-state index in [1.165, 1.54) is 35.7 Å². The molecule has 3 aromatic rings. The first-order chi connectivity index (χ1) is 11.4. The average Bonchev–Trinajstić information content (AvgIpc) is 3.14. The largest absolute Gasteiger partial charge is 0.573 e. The SMILES string of the molecule is FC(F)(F)Oc1cc(Cl)cc(-c2ncn(/C=C\c3nnco3)n2)c1. The topological polar surface area (TPSA) is 78.9 Å². The number of halogens is 4. The molecule has 3 rings (SSSR count). The molecule has 0 fully saturated rings. The van der Waals surface area contributed by atoms with E-state index >= 15 is 0 Å². The second-order valence-electron chi connectivity index (χ2n) is 4.36. The summed E-state index contributed by atoms with van der Waals surface area (Å²) in [4.78, 5) is 4.00. The van der Waals surface area contributed by atoms with Crippen molar-refractivity contribution in [3.8, 4) is 17.1 Å². The number of ether oxygens (including phenoxy) is 1. The van der Waals surface area contributed by atoms with Crippen LogP contribution >= 0.6 is 11.6 Å². The molecule has 0 atom stereocenters. The number of alkyl halides is 3. The third-order valence-electron chi connectivity index (χ3n) is 2.62. The van der Waals surface area contributed by atoms with E-state index in [1.54, 1.807) is 0 Å². The van der Waals surface area contributed by atoms with Gasteiger partial charge in [0.05, 0.1) is 0 Å². The highest BCUT2D eigenvalue weighted by Gasteiger charge is 2.31. The third-order valence-corrected chi connectivity index (χ3v) is 2.84. The molecule has 11 heteroatoms. The lowest BCUT2D eigenvalue weighted by atomic mass is 10.2. The van der Waals surface area contributed by atoms with Crippen LogP contribution in [0.5, 0.6) is 5.75 Å². The van der Waals surface area contributed by atoms with Gasteiger partial charge in [-0.3, -0.25) is 0 Å². The second kappa shape index (κ2) is 6.32. The first kappa shape index (κ1) is 16.0. The summed E-state index contributed by atoms with van der Waals surface area (Å²) in [6.45, 7) is 0. The number of hydrogen-bond donors (Lipinski definition) is 0. The van der Waals surface area contributed by atoms with Crippen molar-refractivity contribution in [2.45, 2.75) is 6.36 Å². The lowest BCUT2D eigenvalue weighted by Crippen LogP contribution is -2.17. The van der Waals surface area contributed by atoms with Gasteiger partial charge >= 0.3 is 6.36 Å². The van der Waals surface area contributed by atoms with Crippen LogP contribution in [0.4, 0.5) is 13.2 Å². The van der Waals surface area contributed by atoms with Crippen molar-refractivity contribution in [1.29, 1.82) is 0 Å². The molecule has 0 spiro atoms. The molecule has 0 aliphatic carbocycles. The maximum absolute atomic E-state index is 12.3. The predicted octanol–water partition coefficient (Wildman–Crippen LogP) is 3.51. The Kier molecular flexibility index (Phi) is 4.21. The number of rotatable bonds is 4. The zero-order valence-corrected chi connectivity index (χ0v) is 12.4. The average molecular weight is 358 g/mol. The van der Waals surface area contributed by atoms with Gasteiger partial charge in [0.2, 0.25) is 12.3 Å². The third kappa shape index (κ3) is 4.10. The molecule has 0 N–H and O–H groups in total. The molecule has 0 aliphatic heterocycles. The Morgan fingerprint density at radius 2 is 2.08 bits per heavy atom. The second-order valence-corrected chi connectivity index (χ2v) is 4.80. The lowest BCUT2D eigenvalue weighted by Gasteiger charge is -2.09. The van der Waals surface area contributed by atoms with E-state index in [1.807, 2.05) is 0 Å². The summed E-state index contributed by atoms with van der Waals surface area (Å²) in [5, 5.41) is 11.3. The minimum atomic E-state index is -4.82. The summed E-state index contributed by atoms with van der Waals surface area (Å²) < 4.78 is 47.0. The summed E-state index contributed by atoms with van der Waals surface area (Å²) in [6.07, 6.45) is 0.679. The van der Waals surface area contributed by atoms with Crippen molar-refractivity contribution >= 4 is 23.9 Å². The summed E-state index contributed by atoms with van der Waals surface area (Å²) in [5.74, 6) is -0.0295. The fraction of sp³-hybridized carbons (Fsp3) is 0.0769. The van der Waals surface area contributed by atoms with Crippen molar-refractivity contribution in [2.24, 2.45) is 0 Å². The van der Waals surface area contributed by atoms with Crippen molar-refractivity contribution < 1.29 is 22.3 Å². The first-order valence-corrected chi connectivity index (χ1v) is 6.69. The normalized spacial score (nSPS) is 12.0. The van der Waals surface area contributed by atoms with Gasteiger partial charge in [-0.1, -0.05) is 11.6 Å². The minimum absolute atomic E-state index is 0.0597. The van der Waals surface area contributed by atoms with Crippen LogP contribution in [0.25, 0.3) is 23.7 Å². The Morgan fingerprint density at radius 1 is 1.25 bits per heavy atom. The van der Waals surface area contributed by atoms with Gasteiger partial charge in [0, 0.05) is 22.9 Å². The molecule has 2 heterocycles. The van der Waals surface area contributed by atoms with Crippen molar-refractivity contribution in [3.05, 3.63) is 41.8 Å². The van der Waals surface area contributed by atoms with Crippen LogP contribution in [0.1, 0.15) is 5.89 Å². The Balaban J connectivity index is 1.84. The van der Waals surface area contributed by atoms with Gasteiger partial charge in [-0.15, -0.1) is 28.5 Å². The van der Waals surface area contributed by atoms with E-state index < -0.39 is 12.1 Å². The van der Waals surface area contributed by atoms with Gasteiger partial charge in [0.1, 0.15) is 12.1 Å². The predicted molar refractivity (Wildman–Crippen MR) is 76.7 cm³/mol. The molecular formula is C13H7ClF3N5O2. The number of aromatic nitrogens is 5. The van der Waals surface area contributed by atoms with E-state index in [9.17, 15) is 13.2 Å². The number of benzene rings is 1. The number of hydrogen-bond acceptors (Lipinski definition) is 6. The van der Waals surface area contributed by atoms with Gasteiger partial charge < -0.3 is 9.15 Å². The van der Waals surface area contributed by atoms with E-state index in [2.05, 4.69) is 25.0 Å². The summed E-state index contributed by atoms with van der Waals surface area (Å²) in [5.41, 5.74) is 0.270. The molecule has 0 unspecified atom stereocenters. The molecule has 0 saturated carbocycles. The molecule has 1 aromatic carbocycles. The highest BCUT2D eigenvalue weighted by Crippen LogP contribution is 2.30. The van der Waals surface area contributed by atoms with Crippen molar-refractivity contribution in [1.82, 2.24) is 25.0 Å². The zero-order valence-electron chi connectivity index (χ0n) is 11.6. The highest BCUT2D eigenvalue weighted by atomic mass is 35.5. The molecule has 0 radical (unpaired) electrons. The summed E-state index contributed by atoms with van der Waals surface area (Å²) in [6, 6.07) is 3.61. The zero-order chi connectivity index (χ0) is 17.2. The van der Waals surface area contributed by atoms with E-state index in [4.69, 9.17) is 16.0 Å². The van der Waals surface area contributed by atoms with E-state index in [0.717, 1.165) is 12.1 Å². The van der Waals surface area contributed by atoms with Crippen LogP contribution in [-0.4, -0.2) is 31.3 Å². The molecular weight excluding hydrogens is 351 g/mol. The van der Waals surface area contributed by atoms with Gasteiger partial charge in [-0.2, -0.15) is 0 Å². The Labute approximate surface area is 137 Å². The van der Waals surface area contributed by atoms with Gasteiger partial charge in [-0.05, 0) is 18.2 Å². The van der Waals surface area contributed by atoms with Crippen LogP contribution in [0.3, 0.4) is 0 Å². The molecule has 2 aromatic heterocycles. The van der Waals surface area contributed by atoms with Crippen LogP contribution < -0.4 is 4.74 Å². The molecule has 0 amide bonds. The monoisotopic (exact) mass is 357 g/mol. The first-order valence-electron chi connectivity index (χ1n) is 6.31. The summed E-state index contributed by atoms with van der Waals surface area (Å²) in [7, 11) is 0. The molecule has 124 valence electrons.